The Morgan fingerprint density at radius 3 is 2.45 bits per heavy atom. The molecule has 0 atom stereocenters. The molecule has 3 heteroatoms. The van der Waals surface area contributed by atoms with Gasteiger partial charge in [-0.1, -0.05) is 54.1 Å². The van der Waals surface area contributed by atoms with Gasteiger partial charge in [-0.05, 0) is 41.5 Å². The minimum Gasteiger partial charge on any atom is -0.267 e. The van der Waals surface area contributed by atoms with Crippen LogP contribution < -0.4 is 5.43 Å². The molecule has 3 rings (SSSR count). The van der Waals surface area contributed by atoms with Crippen molar-refractivity contribution in [3.05, 3.63) is 83.4 Å². The molecule has 3 nitrogen and oxygen atoms in total. The highest BCUT2D eigenvalue weighted by molar-refractivity contribution is 5.95. The summed E-state index contributed by atoms with van der Waals surface area (Å²) in [5.41, 5.74) is 5.21. The van der Waals surface area contributed by atoms with Crippen LogP contribution in [0, 0.1) is 6.92 Å². The summed E-state index contributed by atoms with van der Waals surface area (Å²) in [7, 11) is 0. The highest BCUT2D eigenvalue weighted by Crippen LogP contribution is 2.14. The molecule has 1 N–H and O–H groups in total. The predicted octanol–water partition coefficient (Wildman–Crippen LogP) is 3.91. The van der Waals surface area contributed by atoms with Crippen molar-refractivity contribution < 1.29 is 4.79 Å². The van der Waals surface area contributed by atoms with Gasteiger partial charge in [-0.25, -0.2) is 5.43 Å². The van der Waals surface area contributed by atoms with Crippen molar-refractivity contribution in [1.82, 2.24) is 5.43 Å². The molecule has 0 saturated heterocycles. The van der Waals surface area contributed by atoms with E-state index in [0.717, 1.165) is 16.5 Å². The first-order valence-electron chi connectivity index (χ1n) is 7.11. The van der Waals surface area contributed by atoms with Gasteiger partial charge in [0.25, 0.3) is 5.91 Å². The zero-order valence-corrected chi connectivity index (χ0v) is 12.3. The number of hydrogen-bond acceptors (Lipinski definition) is 2. The van der Waals surface area contributed by atoms with E-state index in [0.29, 0.717) is 5.56 Å². The van der Waals surface area contributed by atoms with E-state index in [2.05, 4.69) is 22.7 Å². The quantitative estimate of drug-likeness (QED) is 0.576. The summed E-state index contributed by atoms with van der Waals surface area (Å²) in [5, 5.41) is 6.36. The molecule has 0 heterocycles. The van der Waals surface area contributed by atoms with Crippen LogP contribution in [-0.4, -0.2) is 12.1 Å². The summed E-state index contributed by atoms with van der Waals surface area (Å²) < 4.78 is 0. The van der Waals surface area contributed by atoms with Crippen molar-refractivity contribution in [2.45, 2.75) is 6.92 Å². The lowest BCUT2D eigenvalue weighted by Gasteiger charge is -2.01. The number of hydrogen-bond donors (Lipinski definition) is 1. The highest BCUT2D eigenvalue weighted by Gasteiger charge is 2.02. The van der Waals surface area contributed by atoms with Crippen LogP contribution in [0.3, 0.4) is 0 Å². The average molecular weight is 288 g/mol. The molecule has 0 fully saturated rings. The molecule has 3 aromatic rings. The van der Waals surface area contributed by atoms with E-state index in [1.807, 2.05) is 49.4 Å². The number of aryl methyl sites for hydroxylation is 1. The Hall–Kier alpha value is -2.94. The van der Waals surface area contributed by atoms with Crippen LogP contribution in [0.5, 0.6) is 0 Å². The minimum absolute atomic E-state index is 0.211. The third kappa shape index (κ3) is 3.20. The lowest BCUT2D eigenvalue weighted by molar-refractivity contribution is 0.0955. The van der Waals surface area contributed by atoms with Gasteiger partial charge in [-0.15, -0.1) is 0 Å². The van der Waals surface area contributed by atoms with E-state index < -0.39 is 0 Å². The predicted molar refractivity (Wildman–Crippen MR) is 90.2 cm³/mol. The fourth-order valence-electron chi connectivity index (χ4n) is 2.22. The van der Waals surface area contributed by atoms with E-state index in [1.165, 1.54) is 5.39 Å². The standard InChI is InChI=1S/C19H16N2O/c1-14-6-9-17(10-7-14)19(22)21-20-13-15-8-11-16-4-2-3-5-18(16)12-15/h2-13H,1H3,(H,21,22)/b20-13-. The van der Waals surface area contributed by atoms with Gasteiger partial charge >= 0.3 is 0 Å². The van der Waals surface area contributed by atoms with Gasteiger partial charge in [0.2, 0.25) is 0 Å². The Morgan fingerprint density at radius 1 is 0.955 bits per heavy atom. The number of hydrazone groups is 1. The van der Waals surface area contributed by atoms with E-state index in [4.69, 9.17) is 0 Å². The first-order valence-corrected chi connectivity index (χ1v) is 7.11. The van der Waals surface area contributed by atoms with Crippen molar-refractivity contribution >= 4 is 22.9 Å². The largest absolute Gasteiger partial charge is 0.271 e. The van der Waals surface area contributed by atoms with Gasteiger partial charge < -0.3 is 0 Å². The van der Waals surface area contributed by atoms with E-state index >= 15 is 0 Å². The molecular formula is C19H16N2O. The Kier molecular flexibility index (Phi) is 3.97. The second-order valence-corrected chi connectivity index (χ2v) is 5.17. The molecule has 0 aliphatic heterocycles. The lowest BCUT2D eigenvalue weighted by Crippen LogP contribution is -2.17. The number of rotatable bonds is 3. The average Bonchev–Trinajstić information content (AvgIpc) is 2.55. The van der Waals surface area contributed by atoms with Crippen LogP contribution >= 0.6 is 0 Å². The Balaban J connectivity index is 1.70. The van der Waals surface area contributed by atoms with Crippen LogP contribution in [-0.2, 0) is 0 Å². The van der Waals surface area contributed by atoms with Crippen LogP contribution in [0.1, 0.15) is 21.5 Å². The minimum atomic E-state index is -0.211. The number of amides is 1. The zero-order chi connectivity index (χ0) is 15.4. The fourth-order valence-corrected chi connectivity index (χ4v) is 2.22. The first kappa shape index (κ1) is 14.0. The van der Waals surface area contributed by atoms with E-state index in [1.54, 1.807) is 18.3 Å². The van der Waals surface area contributed by atoms with Crippen LogP contribution in [0.4, 0.5) is 0 Å². The number of carbonyl (C=O) groups is 1. The maximum absolute atomic E-state index is 11.9. The molecule has 0 unspecified atom stereocenters. The monoisotopic (exact) mass is 288 g/mol. The summed E-state index contributed by atoms with van der Waals surface area (Å²) in [5.74, 6) is -0.211. The van der Waals surface area contributed by atoms with Crippen LogP contribution in [0.25, 0.3) is 10.8 Å². The molecule has 108 valence electrons. The number of nitrogens with zero attached hydrogens (tertiary/aromatic N) is 1. The SMILES string of the molecule is Cc1ccc(C(=O)N/N=C\c2ccc3ccccc3c2)cc1. The van der Waals surface area contributed by atoms with Gasteiger partial charge in [0.15, 0.2) is 0 Å². The third-order valence-electron chi connectivity index (χ3n) is 3.47. The fraction of sp³-hybridized carbons (Fsp3) is 0.0526. The van der Waals surface area contributed by atoms with Crippen molar-refractivity contribution in [3.63, 3.8) is 0 Å². The molecule has 0 aliphatic rings. The molecule has 0 aliphatic carbocycles. The Morgan fingerprint density at radius 2 is 1.68 bits per heavy atom. The maximum Gasteiger partial charge on any atom is 0.271 e. The molecular weight excluding hydrogens is 272 g/mol. The van der Waals surface area contributed by atoms with Gasteiger partial charge in [0, 0.05) is 5.56 Å². The van der Waals surface area contributed by atoms with Crippen LogP contribution in [0.2, 0.25) is 0 Å². The summed E-state index contributed by atoms with van der Waals surface area (Å²) in [6.07, 6.45) is 1.65. The summed E-state index contributed by atoms with van der Waals surface area (Å²) >= 11 is 0. The second kappa shape index (κ2) is 6.22. The van der Waals surface area contributed by atoms with E-state index in [9.17, 15) is 4.79 Å². The summed E-state index contributed by atoms with van der Waals surface area (Å²) in [6, 6.07) is 21.6. The third-order valence-corrected chi connectivity index (χ3v) is 3.47. The van der Waals surface area contributed by atoms with Gasteiger partial charge in [0.05, 0.1) is 6.21 Å². The molecule has 3 aromatic carbocycles. The number of benzene rings is 3. The summed E-state index contributed by atoms with van der Waals surface area (Å²) in [6.45, 7) is 1.99. The Labute approximate surface area is 129 Å². The Bertz CT molecular complexity index is 835. The zero-order valence-electron chi connectivity index (χ0n) is 12.3. The number of carbonyl (C=O) groups excluding carboxylic acids is 1. The van der Waals surface area contributed by atoms with Crippen LogP contribution in [0.15, 0.2) is 71.8 Å². The topological polar surface area (TPSA) is 41.5 Å². The summed E-state index contributed by atoms with van der Waals surface area (Å²) in [4.78, 5) is 11.9. The molecule has 1 amide bonds. The van der Waals surface area contributed by atoms with Gasteiger partial charge in [0.1, 0.15) is 0 Å². The highest BCUT2D eigenvalue weighted by atomic mass is 16.2. The molecule has 0 aromatic heterocycles. The molecule has 0 saturated carbocycles. The van der Waals surface area contributed by atoms with Gasteiger partial charge in [-0.3, -0.25) is 4.79 Å². The number of fused-ring (bicyclic) bond motifs is 1. The van der Waals surface area contributed by atoms with Gasteiger partial charge in [-0.2, -0.15) is 5.10 Å². The molecule has 0 radical (unpaired) electrons. The van der Waals surface area contributed by atoms with Crippen molar-refractivity contribution in [2.24, 2.45) is 5.10 Å². The van der Waals surface area contributed by atoms with Crippen molar-refractivity contribution in [1.29, 1.82) is 0 Å². The first-order chi connectivity index (χ1) is 10.7. The van der Waals surface area contributed by atoms with Crippen molar-refractivity contribution in [3.8, 4) is 0 Å². The van der Waals surface area contributed by atoms with Crippen molar-refractivity contribution in [2.75, 3.05) is 0 Å². The normalized spacial score (nSPS) is 11.0. The molecule has 22 heavy (non-hydrogen) atoms. The molecule has 0 bridgehead atoms. The number of nitrogens with one attached hydrogen (secondary N) is 1. The van der Waals surface area contributed by atoms with E-state index in [-0.39, 0.29) is 5.91 Å². The molecule has 0 spiro atoms. The second-order valence-electron chi connectivity index (χ2n) is 5.17. The maximum atomic E-state index is 11.9. The smallest absolute Gasteiger partial charge is 0.267 e. The lowest BCUT2D eigenvalue weighted by atomic mass is 10.1.